The van der Waals surface area contributed by atoms with E-state index in [0.717, 1.165) is 25.7 Å². The van der Waals surface area contributed by atoms with Gasteiger partial charge >= 0.3 is 5.97 Å². The second-order valence-electron chi connectivity index (χ2n) is 7.85. The van der Waals surface area contributed by atoms with Crippen LogP contribution in [0.4, 0.5) is 0 Å². The minimum absolute atomic E-state index is 0.176. The number of carboxylic acids is 1. The molecule has 1 spiro atoms. The Morgan fingerprint density at radius 1 is 1.27 bits per heavy atom. The fourth-order valence-corrected chi connectivity index (χ4v) is 4.29. The molecule has 1 N–H and O–H groups in total. The van der Waals surface area contributed by atoms with Crippen LogP contribution in [0.25, 0.3) is 0 Å². The van der Waals surface area contributed by atoms with Gasteiger partial charge in [-0.2, -0.15) is 0 Å². The van der Waals surface area contributed by atoms with Crippen molar-refractivity contribution in [3.63, 3.8) is 0 Å². The first kappa shape index (κ1) is 17.1. The van der Waals surface area contributed by atoms with Crippen molar-refractivity contribution in [3.05, 3.63) is 17.8 Å². The Morgan fingerprint density at radius 3 is 2.50 bits per heavy atom. The third kappa shape index (κ3) is 2.87. The molecule has 1 aromatic rings. The van der Waals surface area contributed by atoms with Crippen molar-refractivity contribution in [2.24, 2.45) is 11.3 Å². The molecular weight excluding hydrogens is 338 g/mol. The lowest BCUT2D eigenvalue weighted by molar-refractivity contribution is -0.141. The molecule has 0 radical (unpaired) electrons. The SMILES string of the molecule is Cc1ocnc1C(=O)N1CC2(CCN(C(=O)C3CC3)CC2)CC1C(=O)O. The molecule has 3 aliphatic rings. The Labute approximate surface area is 151 Å². The molecule has 26 heavy (non-hydrogen) atoms. The van der Waals surface area contributed by atoms with Crippen molar-refractivity contribution in [2.75, 3.05) is 19.6 Å². The average molecular weight is 361 g/mol. The van der Waals surface area contributed by atoms with Crippen LogP contribution in [0.1, 0.15) is 48.4 Å². The van der Waals surface area contributed by atoms with Gasteiger partial charge in [0.05, 0.1) is 0 Å². The van der Waals surface area contributed by atoms with Gasteiger partial charge in [-0.3, -0.25) is 9.59 Å². The number of likely N-dealkylation sites (tertiary alicyclic amines) is 2. The first-order chi connectivity index (χ1) is 12.4. The number of nitrogens with zero attached hydrogens (tertiary/aromatic N) is 3. The molecule has 140 valence electrons. The quantitative estimate of drug-likeness (QED) is 0.870. The van der Waals surface area contributed by atoms with Gasteiger partial charge in [0.2, 0.25) is 5.91 Å². The van der Waals surface area contributed by atoms with Crippen LogP contribution in [0.3, 0.4) is 0 Å². The van der Waals surface area contributed by atoms with Gasteiger partial charge in [0.25, 0.3) is 5.91 Å². The van der Waals surface area contributed by atoms with Crippen LogP contribution in [-0.4, -0.2) is 63.4 Å². The molecule has 1 unspecified atom stereocenters. The Morgan fingerprint density at radius 2 is 1.96 bits per heavy atom. The zero-order valence-electron chi connectivity index (χ0n) is 14.8. The summed E-state index contributed by atoms with van der Waals surface area (Å²) in [5.74, 6) is -0.554. The Bertz CT molecular complexity index is 746. The van der Waals surface area contributed by atoms with Gasteiger partial charge in [0.15, 0.2) is 12.1 Å². The lowest BCUT2D eigenvalue weighted by atomic mass is 9.76. The highest BCUT2D eigenvalue weighted by Gasteiger charge is 2.51. The van der Waals surface area contributed by atoms with E-state index in [1.54, 1.807) is 6.92 Å². The maximum absolute atomic E-state index is 12.8. The summed E-state index contributed by atoms with van der Waals surface area (Å²) in [6, 6.07) is -0.857. The van der Waals surface area contributed by atoms with Crippen molar-refractivity contribution in [1.82, 2.24) is 14.8 Å². The second kappa shape index (κ2) is 6.10. The van der Waals surface area contributed by atoms with E-state index in [1.807, 2.05) is 4.90 Å². The zero-order chi connectivity index (χ0) is 18.5. The maximum Gasteiger partial charge on any atom is 0.326 e. The summed E-state index contributed by atoms with van der Waals surface area (Å²) in [4.78, 5) is 44.1. The summed E-state index contributed by atoms with van der Waals surface area (Å²) in [5, 5.41) is 9.63. The molecule has 4 rings (SSSR count). The third-order valence-electron chi connectivity index (χ3n) is 6.06. The fourth-order valence-electron chi connectivity index (χ4n) is 4.29. The number of aromatic nitrogens is 1. The highest BCUT2D eigenvalue weighted by Crippen LogP contribution is 2.45. The number of aryl methyl sites for hydroxylation is 1. The summed E-state index contributed by atoms with van der Waals surface area (Å²) in [7, 11) is 0. The molecule has 1 atom stereocenters. The number of carboxylic acid groups (broad SMARTS) is 1. The molecule has 2 aliphatic heterocycles. The summed E-state index contributed by atoms with van der Waals surface area (Å²) >= 11 is 0. The van der Waals surface area contributed by atoms with E-state index < -0.39 is 17.9 Å². The Hall–Kier alpha value is -2.38. The average Bonchev–Trinajstić information content (AvgIpc) is 3.28. The molecule has 2 amide bonds. The molecular formula is C18H23N3O5. The van der Waals surface area contributed by atoms with Gasteiger partial charge in [-0.25, -0.2) is 9.78 Å². The van der Waals surface area contributed by atoms with Crippen molar-refractivity contribution in [2.45, 2.75) is 45.1 Å². The van der Waals surface area contributed by atoms with Crippen molar-refractivity contribution >= 4 is 17.8 Å². The molecule has 1 aliphatic carbocycles. The molecule has 2 saturated heterocycles. The van der Waals surface area contributed by atoms with E-state index >= 15 is 0 Å². The maximum atomic E-state index is 12.8. The van der Waals surface area contributed by atoms with E-state index in [9.17, 15) is 19.5 Å². The third-order valence-corrected chi connectivity index (χ3v) is 6.06. The predicted octanol–water partition coefficient (Wildman–Crippen LogP) is 1.30. The highest BCUT2D eigenvalue weighted by atomic mass is 16.4. The summed E-state index contributed by atoms with van der Waals surface area (Å²) in [6.07, 6.45) is 5.07. The van der Waals surface area contributed by atoms with Crippen LogP contribution in [0.5, 0.6) is 0 Å². The van der Waals surface area contributed by atoms with E-state index in [4.69, 9.17) is 4.42 Å². The first-order valence-electron chi connectivity index (χ1n) is 9.13. The Kier molecular flexibility index (Phi) is 4.00. The Balaban J connectivity index is 1.49. The van der Waals surface area contributed by atoms with Gasteiger partial charge in [-0.05, 0) is 44.4 Å². The van der Waals surface area contributed by atoms with E-state index in [-0.39, 0.29) is 22.9 Å². The number of aliphatic carboxylic acids is 1. The number of rotatable bonds is 3. The number of piperidine rings is 1. The number of amides is 2. The zero-order valence-corrected chi connectivity index (χ0v) is 14.8. The summed E-state index contributed by atoms with van der Waals surface area (Å²) < 4.78 is 5.10. The predicted molar refractivity (Wildman–Crippen MR) is 89.3 cm³/mol. The van der Waals surface area contributed by atoms with E-state index in [0.29, 0.717) is 31.8 Å². The van der Waals surface area contributed by atoms with Crippen LogP contribution >= 0.6 is 0 Å². The smallest absolute Gasteiger partial charge is 0.326 e. The molecule has 8 heteroatoms. The lowest BCUT2D eigenvalue weighted by Crippen LogP contribution is -2.45. The number of oxazole rings is 1. The van der Waals surface area contributed by atoms with Gasteiger partial charge in [-0.15, -0.1) is 0 Å². The second-order valence-corrected chi connectivity index (χ2v) is 7.85. The van der Waals surface area contributed by atoms with Gasteiger partial charge in [-0.1, -0.05) is 0 Å². The van der Waals surface area contributed by atoms with Crippen LogP contribution < -0.4 is 0 Å². The van der Waals surface area contributed by atoms with Gasteiger partial charge < -0.3 is 19.3 Å². The van der Waals surface area contributed by atoms with Crippen molar-refractivity contribution in [3.8, 4) is 0 Å². The molecule has 0 aromatic carbocycles. The van der Waals surface area contributed by atoms with Crippen molar-refractivity contribution in [1.29, 1.82) is 0 Å². The minimum Gasteiger partial charge on any atom is -0.480 e. The topological polar surface area (TPSA) is 104 Å². The molecule has 1 aromatic heterocycles. The van der Waals surface area contributed by atoms with Crippen LogP contribution in [-0.2, 0) is 9.59 Å². The normalized spacial score (nSPS) is 24.9. The van der Waals surface area contributed by atoms with Gasteiger partial charge in [0.1, 0.15) is 11.8 Å². The highest BCUT2D eigenvalue weighted by molar-refractivity contribution is 5.96. The number of hydrogen-bond donors (Lipinski definition) is 1. The standard InChI is InChI=1S/C18H23N3O5/c1-11-14(19-10-26-11)16(23)21-9-18(8-13(21)17(24)25)4-6-20(7-5-18)15(22)12-2-3-12/h10,12-13H,2-9H2,1H3,(H,24,25). The van der Waals surface area contributed by atoms with Crippen LogP contribution in [0, 0.1) is 18.3 Å². The number of hydrogen-bond acceptors (Lipinski definition) is 5. The van der Waals surface area contributed by atoms with E-state index in [2.05, 4.69) is 4.98 Å². The number of carbonyl (C=O) groups excluding carboxylic acids is 2. The molecule has 1 saturated carbocycles. The first-order valence-corrected chi connectivity index (χ1v) is 9.13. The molecule has 3 fully saturated rings. The molecule has 8 nitrogen and oxygen atoms in total. The summed E-state index contributed by atoms with van der Waals surface area (Å²) in [5.41, 5.74) is -0.0638. The van der Waals surface area contributed by atoms with Crippen LogP contribution in [0.15, 0.2) is 10.8 Å². The van der Waals surface area contributed by atoms with Gasteiger partial charge in [0, 0.05) is 25.6 Å². The van der Waals surface area contributed by atoms with Crippen molar-refractivity contribution < 1.29 is 23.9 Å². The fraction of sp³-hybridized carbons (Fsp3) is 0.667. The summed E-state index contributed by atoms with van der Waals surface area (Å²) in [6.45, 7) is 3.32. The van der Waals surface area contributed by atoms with E-state index in [1.165, 1.54) is 11.3 Å². The van der Waals surface area contributed by atoms with Crippen LogP contribution in [0.2, 0.25) is 0 Å². The number of carbonyl (C=O) groups is 3. The minimum atomic E-state index is -0.993. The monoisotopic (exact) mass is 361 g/mol. The largest absolute Gasteiger partial charge is 0.480 e. The molecule has 0 bridgehead atoms. The lowest BCUT2D eigenvalue weighted by Gasteiger charge is -2.39. The molecule has 3 heterocycles.